The Morgan fingerprint density at radius 1 is 1.15 bits per heavy atom. The number of rotatable bonds is 10. The van der Waals surface area contributed by atoms with Gasteiger partial charge in [-0.25, -0.2) is 4.99 Å². The van der Waals surface area contributed by atoms with Crippen molar-refractivity contribution in [3.05, 3.63) is 52.7 Å². The van der Waals surface area contributed by atoms with E-state index < -0.39 is 5.60 Å². The molecule has 1 atom stereocenters. The second-order valence-electron chi connectivity index (χ2n) is 6.84. The molecule has 5 nitrogen and oxygen atoms in total. The van der Waals surface area contributed by atoms with Crippen LogP contribution >= 0.6 is 11.3 Å². The number of para-hydroxylation sites is 1. The summed E-state index contributed by atoms with van der Waals surface area (Å²) in [5.74, 6) is 0.755. The first-order valence-electron chi connectivity index (χ1n) is 9.57. The van der Waals surface area contributed by atoms with Gasteiger partial charge in [-0.1, -0.05) is 24.3 Å². The molecule has 148 valence electrons. The molecule has 1 heterocycles. The minimum atomic E-state index is -0.936. The van der Waals surface area contributed by atoms with Gasteiger partial charge in [0.15, 0.2) is 5.96 Å². The summed E-state index contributed by atoms with van der Waals surface area (Å²) in [6, 6.07) is 14.3. The lowest BCUT2D eigenvalue weighted by molar-refractivity contribution is 0.0711. The van der Waals surface area contributed by atoms with Crippen molar-refractivity contribution in [2.45, 2.75) is 32.3 Å². The molecule has 6 heteroatoms. The van der Waals surface area contributed by atoms with Crippen LogP contribution < -0.4 is 15.5 Å². The summed E-state index contributed by atoms with van der Waals surface area (Å²) in [4.78, 5) is 7.77. The van der Waals surface area contributed by atoms with Crippen molar-refractivity contribution >= 4 is 23.0 Å². The van der Waals surface area contributed by atoms with Gasteiger partial charge in [0.1, 0.15) is 5.60 Å². The number of hydrogen-bond donors (Lipinski definition) is 3. The number of nitrogens with zero attached hydrogens (tertiary/aromatic N) is 2. The van der Waals surface area contributed by atoms with E-state index in [0.717, 1.165) is 43.3 Å². The number of hydrogen-bond acceptors (Lipinski definition) is 4. The number of aliphatic hydroxyl groups is 1. The molecule has 0 fully saturated rings. The van der Waals surface area contributed by atoms with Crippen LogP contribution in [0.4, 0.5) is 5.69 Å². The quantitative estimate of drug-likeness (QED) is 0.332. The van der Waals surface area contributed by atoms with Crippen LogP contribution in [0, 0.1) is 0 Å². The zero-order valence-electron chi connectivity index (χ0n) is 16.6. The summed E-state index contributed by atoms with van der Waals surface area (Å²) < 4.78 is 0. The predicted molar refractivity (Wildman–Crippen MR) is 117 cm³/mol. The first-order valence-corrected chi connectivity index (χ1v) is 10.5. The average molecular weight is 389 g/mol. The lowest BCUT2D eigenvalue weighted by Crippen LogP contribution is -2.39. The largest absolute Gasteiger partial charge is 0.383 e. The fraction of sp³-hybridized carbons (Fsp3) is 0.476. The summed E-state index contributed by atoms with van der Waals surface area (Å²) in [5, 5.41) is 19.2. The summed E-state index contributed by atoms with van der Waals surface area (Å²) in [6.07, 6.45) is 2.16. The number of benzene rings is 1. The second kappa shape index (κ2) is 10.9. The molecule has 0 aliphatic heterocycles. The Morgan fingerprint density at radius 3 is 2.59 bits per heavy atom. The van der Waals surface area contributed by atoms with E-state index in [1.165, 1.54) is 5.69 Å². The van der Waals surface area contributed by atoms with Crippen LogP contribution in [0.3, 0.4) is 0 Å². The van der Waals surface area contributed by atoms with Gasteiger partial charge in [-0.3, -0.25) is 0 Å². The van der Waals surface area contributed by atoms with Gasteiger partial charge in [-0.2, -0.15) is 0 Å². The lowest BCUT2D eigenvalue weighted by Gasteiger charge is -2.21. The number of unbranched alkanes of at least 4 members (excludes halogenated alkanes) is 1. The third-order valence-electron chi connectivity index (χ3n) is 4.35. The Hall–Kier alpha value is -2.05. The molecule has 27 heavy (non-hydrogen) atoms. The fourth-order valence-electron chi connectivity index (χ4n) is 2.73. The fourth-order valence-corrected chi connectivity index (χ4v) is 3.51. The molecule has 1 aromatic heterocycles. The molecule has 0 saturated carbocycles. The molecule has 2 aromatic rings. The van der Waals surface area contributed by atoms with Crippen molar-refractivity contribution in [1.82, 2.24) is 10.6 Å². The van der Waals surface area contributed by atoms with E-state index in [4.69, 9.17) is 0 Å². The lowest BCUT2D eigenvalue weighted by atomic mass is 10.1. The summed E-state index contributed by atoms with van der Waals surface area (Å²) in [6.45, 7) is 6.86. The molecule has 0 amide bonds. The molecule has 0 aliphatic carbocycles. The van der Waals surface area contributed by atoms with Crippen LogP contribution in [0.15, 0.2) is 52.8 Å². The van der Waals surface area contributed by atoms with E-state index in [-0.39, 0.29) is 0 Å². The molecule has 2 rings (SSSR count). The minimum absolute atomic E-state index is 0.333. The zero-order valence-corrected chi connectivity index (χ0v) is 17.4. The SMILES string of the molecule is CCNC(=NCC(C)(O)c1cccs1)NCCCCN(C)c1ccccc1. The van der Waals surface area contributed by atoms with Crippen molar-refractivity contribution in [2.75, 3.05) is 38.1 Å². The van der Waals surface area contributed by atoms with Gasteiger partial charge >= 0.3 is 0 Å². The van der Waals surface area contributed by atoms with Crippen molar-refractivity contribution in [1.29, 1.82) is 0 Å². The maximum atomic E-state index is 10.6. The Morgan fingerprint density at radius 2 is 1.93 bits per heavy atom. The molecule has 0 saturated heterocycles. The molecular formula is C21H32N4OS. The Bertz CT molecular complexity index is 671. The standard InChI is InChI=1S/C21H32N4OS/c1-4-22-20(24-17-21(2,26)19-13-10-16-27-19)23-14-8-9-15-25(3)18-11-6-5-7-12-18/h5-7,10-13,16,26H,4,8-9,14-15,17H2,1-3H3,(H2,22,23,24). The highest BCUT2D eigenvalue weighted by Gasteiger charge is 2.23. The topological polar surface area (TPSA) is 59.9 Å². The zero-order chi connectivity index (χ0) is 19.5. The van der Waals surface area contributed by atoms with Crippen LogP contribution in [0.2, 0.25) is 0 Å². The summed E-state index contributed by atoms with van der Waals surface area (Å²) in [7, 11) is 2.13. The molecule has 0 aliphatic rings. The first kappa shape index (κ1) is 21.3. The van der Waals surface area contributed by atoms with E-state index in [2.05, 4.69) is 51.8 Å². The smallest absolute Gasteiger partial charge is 0.191 e. The number of aliphatic imine (C=N–C) groups is 1. The average Bonchev–Trinajstić information content (AvgIpc) is 3.22. The molecule has 3 N–H and O–H groups in total. The van der Waals surface area contributed by atoms with Crippen LogP contribution in [0.25, 0.3) is 0 Å². The van der Waals surface area contributed by atoms with Crippen LogP contribution in [-0.4, -0.2) is 44.3 Å². The molecular weight excluding hydrogens is 356 g/mol. The second-order valence-corrected chi connectivity index (χ2v) is 7.79. The van der Waals surface area contributed by atoms with Crippen LogP contribution in [0.1, 0.15) is 31.6 Å². The van der Waals surface area contributed by atoms with E-state index in [1.54, 1.807) is 11.3 Å². The summed E-state index contributed by atoms with van der Waals surface area (Å²) in [5.41, 5.74) is 0.311. The molecule has 0 spiro atoms. The Balaban J connectivity index is 1.74. The van der Waals surface area contributed by atoms with Crippen LogP contribution in [0.5, 0.6) is 0 Å². The monoisotopic (exact) mass is 388 g/mol. The van der Waals surface area contributed by atoms with Gasteiger partial charge < -0.3 is 20.6 Å². The summed E-state index contributed by atoms with van der Waals surface area (Å²) >= 11 is 1.56. The Kier molecular flexibility index (Phi) is 8.61. The highest BCUT2D eigenvalue weighted by atomic mass is 32.1. The maximum absolute atomic E-state index is 10.6. The van der Waals surface area contributed by atoms with E-state index in [1.807, 2.05) is 37.4 Å². The van der Waals surface area contributed by atoms with Gasteiger partial charge in [0.25, 0.3) is 0 Å². The third-order valence-corrected chi connectivity index (χ3v) is 5.47. The molecule has 0 radical (unpaired) electrons. The maximum Gasteiger partial charge on any atom is 0.191 e. The number of thiophene rings is 1. The highest BCUT2D eigenvalue weighted by molar-refractivity contribution is 7.10. The van der Waals surface area contributed by atoms with Gasteiger partial charge in [0, 0.05) is 37.2 Å². The highest BCUT2D eigenvalue weighted by Crippen LogP contribution is 2.25. The molecule has 1 aromatic carbocycles. The van der Waals surface area contributed by atoms with E-state index >= 15 is 0 Å². The van der Waals surface area contributed by atoms with Crippen molar-refractivity contribution in [2.24, 2.45) is 4.99 Å². The van der Waals surface area contributed by atoms with E-state index in [0.29, 0.717) is 6.54 Å². The third kappa shape index (κ3) is 7.23. The van der Waals surface area contributed by atoms with Gasteiger partial charge in [-0.05, 0) is 50.3 Å². The Labute approximate surface area is 167 Å². The first-order chi connectivity index (χ1) is 13.0. The predicted octanol–water partition coefficient (Wildman–Crippen LogP) is 3.43. The van der Waals surface area contributed by atoms with Crippen molar-refractivity contribution in [3.8, 4) is 0 Å². The van der Waals surface area contributed by atoms with Crippen molar-refractivity contribution < 1.29 is 5.11 Å². The van der Waals surface area contributed by atoms with Gasteiger partial charge in [-0.15, -0.1) is 11.3 Å². The minimum Gasteiger partial charge on any atom is -0.383 e. The normalized spacial score (nSPS) is 13.9. The van der Waals surface area contributed by atoms with Crippen molar-refractivity contribution in [3.63, 3.8) is 0 Å². The van der Waals surface area contributed by atoms with Crippen LogP contribution in [-0.2, 0) is 5.60 Å². The van der Waals surface area contributed by atoms with Gasteiger partial charge in [0.05, 0.1) is 6.54 Å². The van der Waals surface area contributed by atoms with E-state index in [9.17, 15) is 5.11 Å². The molecule has 0 bridgehead atoms. The molecule has 1 unspecified atom stereocenters. The van der Waals surface area contributed by atoms with Gasteiger partial charge in [0.2, 0.25) is 0 Å². The number of nitrogens with one attached hydrogen (secondary N) is 2. The number of guanidine groups is 1. The number of anilines is 1.